The highest BCUT2D eigenvalue weighted by Crippen LogP contribution is 2.51. The summed E-state index contributed by atoms with van der Waals surface area (Å²) in [6, 6.07) is 11.0. The molecule has 0 amide bonds. The molecular weight excluding hydrogens is 335 g/mol. The first-order valence-electron chi connectivity index (χ1n) is 7.84. The molecule has 1 nitrogen and oxygen atoms in total. The molecule has 1 aliphatic carbocycles. The molecule has 0 spiro atoms. The molecule has 0 saturated heterocycles. The molecule has 124 valence electrons. The Hall–Kier alpha value is -1.94. The Kier molecular flexibility index (Phi) is 3.61. The van der Waals surface area contributed by atoms with Gasteiger partial charge in [0.15, 0.2) is 0 Å². The van der Waals surface area contributed by atoms with Gasteiger partial charge in [-0.1, -0.05) is 42.0 Å². The van der Waals surface area contributed by atoms with Crippen molar-refractivity contribution in [3.05, 3.63) is 76.3 Å². The normalized spacial score (nSPS) is 25.1. The molecule has 0 unspecified atom stereocenters. The molecule has 2 aromatic carbocycles. The molecule has 0 aromatic heterocycles. The summed E-state index contributed by atoms with van der Waals surface area (Å²) in [5.41, 5.74) is 1.66. The van der Waals surface area contributed by atoms with Crippen molar-refractivity contribution in [2.75, 3.05) is 5.32 Å². The van der Waals surface area contributed by atoms with Crippen molar-refractivity contribution in [1.82, 2.24) is 0 Å². The van der Waals surface area contributed by atoms with Gasteiger partial charge in [-0.2, -0.15) is 13.2 Å². The monoisotopic (exact) mass is 349 g/mol. The van der Waals surface area contributed by atoms with Gasteiger partial charge in [-0.25, -0.2) is 0 Å². The van der Waals surface area contributed by atoms with Gasteiger partial charge in [0.2, 0.25) is 0 Å². The summed E-state index contributed by atoms with van der Waals surface area (Å²) in [6.07, 6.45) is 0.528. The number of rotatable bonds is 1. The lowest BCUT2D eigenvalue weighted by atomic mass is 9.76. The fourth-order valence-electron chi connectivity index (χ4n) is 3.90. The summed E-state index contributed by atoms with van der Waals surface area (Å²) < 4.78 is 40.3. The molecule has 5 heteroatoms. The first-order valence-corrected chi connectivity index (χ1v) is 8.22. The van der Waals surface area contributed by atoms with E-state index >= 15 is 0 Å². The number of halogens is 4. The molecule has 0 saturated carbocycles. The molecular formula is C19H15ClF3N. The molecule has 1 aliphatic heterocycles. The van der Waals surface area contributed by atoms with Crippen molar-refractivity contribution < 1.29 is 13.2 Å². The molecule has 24 heavy (non-hydrogen) atoms. The highest BCUT2D eigenvalue weighted by molar-refractivity contribution is 6.30. The molecule has 4 rings (SSSR count). The summed E-state index contributed by atoms with van der Waals surface area (Å²) in [4.78, 5) is 0. The minimum absolute atomic E-state index is 0.0551. The fourth-order valence-corrected chi connectivity index (χ4v) is 4.08. The third-order valence-corrected chi connectivity index (χ3v) is 5.16. The van der Waals surface area contributed by atoms with Crippen LogP contribution in [-0.4, -0.2) is 0 Å². The van der Waals surface area contributed by atoms with Crippen LogP contribution in [0.25, 0.3) is 0 Å². The first kappa shape index (κ1) is 15.6. The Morgan fingerprint density at radius 3 is 2.62 bits per heavy atom. The fraction of sp³-hybridized carbons (Fsp3) is 0.263. The highest BCUT2D eigenvalue weighted by Gasteiger charge is 2.42. The van der Waals surface area contributed by atoms with Crippen molar-refractivity contribution in [3.63, 3.8) is 0 Å². The Labute approximate surface area is 143 Å². The van der Waals surface area contributed by atoms with Crippen molar-refractivity contribution in [2.24, 2.45) is 5.92 Å². The van der Waals surface area contributed by atoms with Crippen molar-refractivity contribution >= 4 is 17.3 Å². The van der Waals surface area contributed by atoms with Crippen molar-refractivity contribution in [3.8, 4) is 0 Å². The van der Waals surface area contributed by atoms with Crippen LogP contribution < -0.4 is 5.32 Å². The van der Waals surface area contributed by atoms with Crippen LogP contribution in [0.5, 0.6) is 0 Å². The van der Waals surface area contributed by atoms with E-state index in [0.29, 0.717) is 10.6 Å². The van der Waals surface area contributed by atoms with Gasteiger partial charge in [0, 0.05) is 16.6 Å². The second-order valence-corrected chi connectivity index (χ2v) is 6.73. The molecule has 0 radical (unpaired) electrons. The number of anilines is 1. The van der Waals surface area contributed by atoms with Crippen LogP contribution in [0, 0.1) is 5.92 Å². The predicted molar refractivity (Wildman–Crippen MR) is 89.2 cm³/mol. The quantitative estimate of drug-likeness (QED) is 0.606. The van der Waals surface area contributed by atoms with E-state index in [1.54, 1.807) is 18.2 Å². The second kappa shape index (κ2) is 5.55. The molecule has 2 aliphatic rings. The minimum Gasteiger partial charge on any atom is -0.378 e. The van der Waals surface area contributed by atoms with Gasteiger partial charge >= 0.3 is 6.18 Å². The maximum absolute atomic E-state index is 13.4. The van der Waals surface area contributed by atoms with Crippen LogP contribution in [-0.2, 0) is 6.18 Å². The predicted octanol–water partition coefficient (Wildman–Crippen LogP) is 6.19. The summed E-state index contributed by atoms with van der Waals surface area (Å²) >= 11 is 6.10. The zero-order chi connectivity index (χ0) is 16.9. The average Bonchev–Trinajstić information content (AvgIpc) is 3.03. The summed E-state index contributed by atoms with van der Waals surface area (Å²) in [7, 11) is 0. The number of benzene rings is 2. The Bertz CT molecular complexity index is 812. The molecule has 2 aromatic rings. The number of nitrogens with one attached hydrogen (secondary N) is 1. The molecule has 1 N–H and O–H groups in total. The second-order valence-electron chi connectivity index (χ2n) is 6.29. The number of fused-ring (bicyclic) bond motifs is 3. The first-order chi connectivity index (χ1) is 11.4. The minimum atomic E-state index is -4.36. The smallest absolute Gasteiger partial charge is 0.378 e. The van der Waals surface area contributed by atoms with E-state index in [0.717, 1.165) is 23.7 Å². The van der Waals surface area contributed by atoms with Crippen LogP contribution in [0.3, 0.4) is 0 Å². The van der Waals surface area contributed by atoms with Gasteiger partial charge in [0.25, 0.3) is 0 Å². The van der Waals surface area contributed by atoms with Crippen LogP contribution in [0.15, 0.2) is 54.6 Å². The third-order valence-electron chi connectivity index (χ3n) is 4.93. The van der Waals surface area contributed by atoms with E-state index in [2.05, 4.69) is 17.5 Å². The maximum atomic E-state index is 13.4. The average molecular weight is 350 g/mol. The number of allylic oxidation sites excluding steroid dienone is 2. The van der Waals surface area contributed by atoms with E-state index in [4.69, 9.17) is 11.6 Å². The van der Waals surface area contributed by atoms with E-state index in [-0.39, 0.29) is 17.9 Å². The van der Waals surface area contributed by atoms with E-state index in [1.165, 1.54) is 6.07 Å². The van der Waals surface area contributed by atoms with Crippen LogP contribution in [0.1, 0.15) is 35.1 Å². The van der Waals surface area contributed by atoms with Gasteiger partial charge < -0.3 is 5.32 Å². The topological polar surface area (TPSA) is 12.0 Å². The van der Waals surface area contributed by atoms with E-state index in [1.807, 2.05) is 12.1 Å². The molecule has 0 bridgehead atoms. The van der Waals surface area contributed by atoms with Crippen LogP contribution >= 0.6 is 11.6 Å². The standard InChI is InChI=1S/C19H15ClF3N/c20-11-8-9-17-15(10-11)12-5-3-6-13(12)18(24-17)14-4-1-2-7-16(14)19(21,22)23/h1-5,7-10,12-13,18,24H,6H2/t12-,13-,18-/m1/s1. The van der Waals surface area contributed by atoms with Gasteiger partial charge in [0.1, 0.15) is 0 Å². The summed E-state index contributed by atoms with van der Waals surface area (Å²) in [5.74, 6) is 0.144. The molecule has 3 atom stereocenters. The third kappa shape index (κ3) is 2.49. The lowest BCUT2D eigenvalue weighted by Crippen LogP contribution is -2.30. The number of hydrogen-bond acceptors (Lipinski definition) is 1. The van der Waals surface area contributed by atoms with Crippen molar-refractivity contribution in [1.29, 1.82) is 0 Å². The Morgan fingerprint density at radius 2 is 1.83 bits per heavy atom. The zero-order valence-electron chi connectivity index (χ0n) is 12.6. The van der Waals surface area contributed by atoms with Crippen LogP contribution in [0.2, 0.25) is 5.02 Å². The SMILES string of the molecule is FC(F)(F)c1ccccc1[C@@H]1Nc2ccc(Cl)cc2[C@@H]2C=CC[C@H]21. The lowest BCUT2D eigenvalue weighted by Gasteiger charge is -2.38. The Balaban J connectivity index is 1.83. The van der Waals surface area contributed by atoms with Crippen molar-refractivity contribution in [2.45, 2.75) is 24.6 Å². The molecule has 1 heterocycles. The van der Waals surface area contributed by atoms with Crippen LogP contribution in [0.4, 0.5) is 18.9 Å². The lowest BCUT2D eigenvalue weighted by molar-refractivity contribution is -0.138. The summed E-state index contributed by atoms with van der Waals surface area (Å²) in [6.45, 7) is 0. The van der Waals surface area contributed by atoms with Gasteiger partial charge in [-0.3, -0.25) is 0 Å². The maximum Gasteiger partial charge on any atom is 0.416 e. The zero-order valence-corrected chi connectivity index (χ0v) is 13.4. The largest absolute Gasteiger partial charge is 0.416 e. The van der Waals surface area contributed by atoms with Gasteiger partial charge in [-0.15, -0.1) is 0 Å². The van der Waals surface area contributed by atoms with E-state index < -0.39 is 11.7 Å². The van der Waals surface area contributed by atoms with Gasteiger partial charge in [-0.05, 0) is 47.7 Å². The van der Waals surface area contributed by atoms with E-state index in [9.17, 15) is 13.2 Å². The summed E-state index contributed by atoms with van der Waals surface area (Å²) in [5, 5.41) is 3.97. The number of alkyl halides is 3. The Morgan fingerprint density at radius 1 is 1.04 bits per heavy atom. The molecule has 0 fully saturated rings. The highest BCUT2D eigenvalue weighted by atomic mass is 35.5. The van der Waals surface area contributed by atoms with Gasteiger partial charge in [0.05, 0.1) is 11.6 Å². The number of hydrogen-bond donors (Lipinski definition) is 1.